The van der Waals surface area contributed by atoms with Crippen molar-refractivity contribution in [2.75, 3.05) is 19.7 Å². The van der Waals surface area contributed by atoms with Crippen LogP contribution in [-0.4, -0.2) is 53.6 Å². The largest absolute Gasteiger partial charge is 0.447 e. The molecule has 2 aliphatic rings. The summed E-state index contributed by atoms with van der Waals surface area (Å²) in [6.07, 6.45) is 3.04. The molecule has 0 saturated carbocycles. The van der Waals surface area contributed by atoms with Crippen LogP contribution in [0.2, 0.25) is 0 Å². The zero-order valence-electron chi connectivity index (χ0n) is 14.4. The first kappa shape index (κ1) is 17.3. The molecule has 2 aliphatic heterocycles. The van der Waals surface area contributed by atoms with Crippen LogP contribution in [0.15, 0.2) is 17.5 Å². The first-order valence-corrected chi connectivity index (χ1v) is 9.73. The minimum atomic E-state index is -0.177. The molecule has 0 aliphatic carbocycles. The fraction of sp³-hybridized carbons (Fsp3) is 0.667. The number of carbonyl (C=O) groups is 2. The third kappa shape index (κ3) is 3.58. The van der Waals surface area contributed by atoms with Gasteiger partial charge in [0.05, 0.1) is 12.5 Å². The van der Waals surface area contributed by atoms with E-state index in [1.54, 1.807) is 11.3 Å². The van der Waals surface area contributed by atoms with Crippen molar-refractivity contribution in [2.24, 2.45) is 5.92 Å². The molecule has 2 amide bonds. The lowest BCUT2D eigenvalue weighted by Gasteiger charge is -2.39. The van der Waals surface area contributed by atoms with Crippen molar-refractivity contribution in [1.29, 1.82) is 0 Å². The second-order valence-corrected chi connectivity index (χ2v) is 7.84. The van der Waals surface area contributed by atoms with Gasteiger partial charge in [-0.3, -0.25) is 9.69 Å². The van der Waals surface area contributed by atoms with Crippen LogP contribution in [0.3, 0.4) is 0 Å². The summed E-state index contributed by atoms with van der Waals surface area (Å²) in [6.45, 7) is 6.29. The minimum absolute atomic E-state index is 0.177. The molecule has 0 N–H and O–H groups in total. The quantitative estimate of drug-likeness (QED) is 0.820. The van der Waals surface area contributed by atoms with E-state index in [2.05, 4.69) is 13.8 Å². The smallest absolute Gasteiger partial charge is 0.410 e. The molecular weight excluding hydrogens is 324 g/mol. The standard InChI is InChI=1S/C18H26N2O3S/c1-3-13(2)16-12-23-18(22)20(16)14-6-8-19(9-7-14)17(21)11-15-5-4-10-24-15/h4-5,10,13-14,16H,3,6-9,11-12H2,1-2H3/t13-,16-/m0/s1. The van der Waals surface area contributed by atoms with Crippen molar-refractivity contribution < 1.29 is 14.3 Å². The van der Waals surface area contributed by atoms with Crippen LogP contribution in [0, 0.1) is 5.92 Å². The van der Waals surface area contributed by atoms with E-state index in [4.69, 9.17) is 4.74 Å². The molecule has 3 rings (SSSR count). The molecule has 0 aromatic carbocycles. The fourth-order valence-electron chi connectivity index (χ4n) is 3.64. The monoisotopic (exact) mass is 350 g/mol. The molecule has 0 bridgehead atoms. The van der Waals surface area contributed by atoms with Gasteiger partial charge in [0.1, 0.15) is 6.61 Å². The summed E-state index contributed by atoms with van der Waals surface area (Å²) in [5.74, 6) is 0.633. The van der Waals surface area contributed by atoms with Crippen LogP contribution < -0.4 is 0 Å². The lowest BCUT2D eigenvalue weighted by atomic mass is 9.95. The Kier molecular flexibility index (Phi) is 5.43. The van der Waals surface area contributed by atoms with Crippen LogP contribution in [0.5, 0.6) is 0 Å². The van der Waals surface area contributed by atoms with E-state index >= 15 is 0 Å². The van der Waals surface area contributed by atoms with Crippen molar-refractivity contribution in [3.05, 3.63) is 22.4 Å². The number of nitrogens with zero attached hydrogens (tertiary/aromatic N) is 2. The van der Waals surface area contributed by atoms with Gasteiger partial charge in [0.2, 0.25) is 5.91 Å². The highest BCUT2D eigenvalue weighted by molar-refractivity contribution is 7.10. The van der Waals surface area contributed by atoms with Crippen LogP contribution in [0.4, 0.5) is 4.79 Å². The molecule has 1 aromatic heterocycles. The zero-order valence-corrected chi connectivity index (χ0v) is 15.3. The third-order valence-corrected chi connectivity index (χ3v) is 6.24. The molecule has 3 heterocycles. The molecule has 0 spiro atoms. The summed E-state index contributed by atoms with van der Waals surface area (Å²) in [6, 6.07) is 4.37. The Morgan fingerprint density at radius 3 is 2.79 bits per heavy atom. The number of ether oxygens (including phenoxy) is 1. The van der Waals surface area contributed by atoms with Gasteiger partial charge < -0.3 is 9.64 Å². The van der Waals surface area contributed by atoms with E-state index in [9.17, 15) is 9.59 Å². The van der Waals surface area contributed by atoms with Crippen LogP contribution in [0.1, 0.15) is 38.0 Å². The molecule has 5 nitrogen and oxygen atoms in total. The highest BCUT2D eigenvalue weighted by Gasteiger charge is 2.41. The van der Waals surface area contributed by atoms with Crippen molar-refractivity contribution in [1.82, 2.24) is 9.80 Å². The molecule has 132 valence electrons. The van der Waals surface area contributed by atoms with Crippen LogP contribution >= 0.6 is 11.3 Å². The van der Waals surface area contributed by atoms with Gasteiger partial charge in [-0.15, -0.1) is 11.3 Å². The average Bonchev–Trinajstić information content (AvgIpc) is 3.24. The van der Waals surface area contributed by atoms with E-state index in [0.29, 0.717) is 18.9 Å². The summed E-state index contributed by atoms with van der Waals surface area (Å²) >= 11 is 1.63. The maximum Gasteiger partial charge on any atom is 0.410 e. The summed E-state index contributed by atoms with van der Waals surface area (Å²) in [7, 11) is 0. The SMILES string of the molecule is CC[C@H](C)[C@@H]1COC(=O)N1C1CCN(C(=O)Cc2cccs2)CC1. The topological polar surface area (TPSA) is 49.9 Å². The number of cyclic esters (lactones) is 1. The lowest BCUT2D eigenvalue weighted by Crippen LogP contribution is -2.51. The van der Waals surface area contributed by atoms with E-state index < -0.39 is 0 Å². The summed E-state index contributed by atoms with van der Waals surface area (Å²) in [4.78, 5) is 29.6. The number of rotatable bonds is 5. The van der Waals surface area contributed by atoms with Gasteiger partial charge in [0.25, 0.3) is 0 Å². The number of piperidine rings is 1. The summed E-state index contributed by atoms with van der Waals surface area (Å²) < 4.78 is 5.31. The fourth-order valence-corrected chi connectivity index (χ4v) is 4.34. The maximum atomic E-state index is 12.4. The first-order chi connectivity index (χ1) is 11.6. The number of likely N-dealkylation sites (tertiary alicyclic amines) is 1. The van der Waals surface area contributed by atoms with Crippen LogP contribution in [-0.2, 0) is 16.0 Å². The normalized spacial score (nSPS) is 23.4. The first-order valence-electron chi connectivity index (χ1n) is 8.85. The summed E-state index contributed by atoms with van der Waals surface area (Å²) in [5.41, 5.74) is 0. The van der Waals surface area contributed by atoms with E-state index in [-0.39, 0.29) is 24.1 Å². The predicted octanol–water partition coefficient (Wildman–Crippen LogP) is 3.15. The Labute approximate surface area is 147 Å². The van der Waals surface area contributed by atoms with Gasteiger partial charge in [0.15, 0.2) is 0 Å². The molecular formula is C18H26N2O3S. The minimum Gasteiger partial charge on any atom is -0.447 e. The Morgan fingerprint density at radius 1 is 1.42 bits per heavy atom. The molecule has 2 fully saturated rings. The van der Waals surface area contributed by atoms with Gasteiger partial charge in [-0.05, 0) is 30.2 Å². The van der Waals surface area contributed by atoms with Gasteiger partial charge in [-0.2, -0.15) is 0 Å². The predicted molar refractivity (Wildman–Crippen MR) is 94.1 cm³/mol. The number of hydrogen-bond donors (Lipinski definition) is 0. The molecule has 0 unspecified atom stereocenters. The van der Waals surface area contributed by atoms with E-state index in [0.717, 1.165) is 37.2 Å². The van der Waals surface area contributed by atoms with Gasteiger partial charge in [-0.1, -0.05) is 26.3 Å². The molecule has 24 heavy (non-hydrogen) atoms. The van der Waals surface area contributed by atoms with Gasteiger partial charge in [-0.25, -0.2) is 4.79 Å². The van der Waals surface area contributed by atoms with E-state index in [1.807, 2.05) is 27.3 Å². The third-order valence-electron chi connectivity index (χ3n) is 5.36. The van der Waals surface area contributed by atoms with Crippen molar-refractivity contribution in [2.45, 2.75) is 51.6 Å². The molecule has 2 atom stereocenters. The summed E-state index contributed by atoms with van der Waals surface area (Å²) in [5, 5.41) is 2.00. The highest BCUT2D eigenvalue weighted by atomic mass is 32.1. The Balaban J connectivity index is 1.56. The highest BCUT2D eigenvalue weighted by Crippen LogP contribution is 2.29. The maximum absolute atomic E-state index is 12.4. The number of hydrogen-bond acceptors (Lipinski definition) is 4. The van der Waals surface area contributed by atoms with Crippen LogP contribution in [0.25, 0.3) is 0 Å². The zero-order chi connectivity index (χ0) is 17.1. The second-order valence-electron chi connectivity index (χ2n) is 6.81. The number of thiophene rings is 1. The number of carbonyl (C=O) groups excluding carboxylic acids is 2. The lowest BCUT2D eigenvalue weighted by molar-refractivity contribution is -0.131. The van der Waals surface area contributed by atoms with Gasteiger partial charge in [0, 0.05) is 24.0 Å². The average molecular weight is 350 g/mol. The molecule has 2 saturated heterocycles. The number of amides is 2. The van der Waals surface area contributed by atoms with Crippen molar-refractivity contribution in [3.63, 3.8) is 0 Å². The Morgan fingerprint density at radius 2 is 2.17 bits per heavy atom. The van der Waals surface area contributed by atoms with Crippen molar-refractivity contribution >= 4 is 23.3 Å². The Hall–Kier alpha value is -1.56. The van der Waals surface area contributed by atoms with E-state index in [1.165, 1.54) is 0 Å². The molecule has 0 radical (unpaired) electrons. The Bertz CT molecular complexity index is 567. The molecule has 6 heteroatoms. The second kappa shape index (κ2) is 7.55. The van der Waals surface area contributed by atoms with Gasteiger partial charge >= 0.3 is 6.09 Å². The molecule has 1 aromatic rings. The van der Waals surface area contributed by atoms with Crippen molar-refractivity contribution in [3.8, 4) is 0 Å².